The number of tetrazole rings is 1. The van der Waals surface area contributed by atoms with Crippen LogP contribution in [0.1, 0.15) is 16.3 Å². The quantitative estimate of drug-likeness (QED) is 0.672. The van der Waals surface area contributed by atoms with Gasteiger partial charge in [0.05, 0.1) is 24.5 Å². The van der Waals surface area contributed by atoms with Crippen LogP contribution in [0.3, 0.4) is 0 Å². The van der Waals surface area contributed by atoms with Crippen molar-refractivity contribution in [1.29, 1.82) is 0 Å². The second-order valence-electron chi connectivity index (χ2n) is 2.30. The molecule has 0 aliphatic carbocycles. The molecule has 0 fully saturated rings. The van der Waals surface area contributed by atoms with E-state index in [0.29, 0.717) is 11.5 Å². The predicted molar refractivity (Wildman–Crippen MR) is 45.3 cm³/mol. The van der Waals surface area contributed by atoms with Crippen LogP contribution in [-0.2, 0) is 6.54 Å². The summed E-state index contributed by atoms with van der Waals surface area (Å²) in [5, 5.41) is 15.5. The molecule has 0 aliphatic rings. The van der Waals surface area contributed by atoms with Crippen LogP contribution >= 0.6 is 11.7 Å². The maximum atomic E-state index is 11.3. The number of nitrogens with one attached hydrogen (secondary N) is 2. The van der Waals surface area contributed by atoms with Crippen molar-refractivity contribution in [3.63, 3.8) is 0 Å². The second kappa shape index (κ2) is 3.87. The van der Waals surface area contributed by atoms with Gasteiger partial charge in [0.25, 0.3) is 5.91 Å². The minimum atomic E-state index is -0.302. The molecule has 2 rings (SSSR count). The van der Waals surface area contributed by atoms with Gasteiger partial charge in [-0.25, -0.2) is 0 Å². The van der Waals surface area contributed by atoms with Crippen LogP contribution in [0, 0.1) is 0 Å². The Morgan fingerprint density at radius 2 is 2.57 bits per heavy atom. The molecule has 0 bridgehead atoms. The fraction of sp³-hybridized carbons (Fsp3) is 0.200. The summed E-state index contributed by atoms with van der Waals surface area (Å²) in [4.78, 5) is 11.3. The summed E-state index contributed by atoms with van der Waals surface area (Å²) in [5.41, 5.74) is 0.290. The number of hydrogen-bond acceptors (Lipinski definition) is 7. The molecule has 0 aliphatic heterocycles. The summed E-state index contributed by atoms with van der Waals surface area (Å²) in [6, 6.07) is 0. The molecule has 2 aromatic heterocycles. The first-order valence-corrected chi connectivity index (χ1v) is 4.37. The summed E-state index contributed by atoms with van der Waals surface area (Å²) < 4.78 is 7.48. The van der Waals surface area contributed by atoms with Crippen LogP contribution in [0.15, 0.2) is 6.20 Å². The highest BCUT2D eigenvalue weighted by Crippen LogP contribution is 1.94. The highest BCUT2D eigenvalue weighted by atomic mass is 32.1. The molecule has 72 valence electrons. The van der Waals surface area contributed by atoms with Crippen LogP contribution in [-0.4, -0.2) is 35.3 Å². The Morgan fingerprint density at radius 3 is 3.21 bits per heavy atom. The maximum absolute atomic E-state index is 11.3. The average Bonchev–Trinajstić information content (AvgIpc) is 2.87. The number of carbonyl (C=O) groups is 1. The molecule has 0 atom stereocenters. The SMILES string of the molecule is O=C(NCc1nn[nH]n1)c1cnsn1. The lowest BCUT2D eigenvalue weighted by Crippen LogP contribution is -2.23. The van der Waals surface area contributed by atoms with E-state index < -0.39 is 0 Å². The minimum Gasteiger partial charge on any atom is -0.343 e. The van der Waals surface area contributed by atoms with Crippen molar-refractivity contribution in [2.24, 2.45) is 0 Å². The molecule has 8 nitrogen and oxygen atoms in total. The number of rotatable bonds is 3. The Kier molecular flexibility index (Phi) is 2.40. The largest absolute Gasteiger partial charge is 0.343 e. The predicted octanol–water partition coefficient (Wildman–Crippen LogP) is -1.02. The molecule has 1 amide bonds. The number of aromatic nitrogens is 6. The topological polar surface area (TPSA) is 109 Å². The Bertz CT molecular complexity index is 396. The lowest BCUT2D eigenvalue weighted by atomic mass is 10.4. The molecule has 0 radical (unpaired) electrons. The normalized spacial score (nSPS) is 10.0. The van der Waals surface area contributed by atoms with Gasteiger partial charge in [-0.3, -0.25) is 4.79 Å². The number of amides is 1. The molecule has 0 aromatic carbocycles. The van der Waals surface area contributed by atoms with Gasteiger partial charge in [0.15, 0.2) is 11.5 Å². The van der Waals surface area contributed by atoms with Crippen molar-refractivity contribution < 1.29 is 4.79 Å². The average molecular weight is 211 g/mol. The first-order valence-electron chi connectivity index (χ1n) is 3.64. The van der Waals surface area contributed by atoms with E-state index >= 15 is 0 Å². The third-order valence-electron chi connectivity index (χ3n) is 1.39. The number of H-pyrrole nitrogens is 1. The summed E-state index contributed by atoms with van der Waals surface area (Å²) in [7, 11) is 0. The minimum absolute atomic E-state index is 0.215. The number of carbonyl (C=O) groups excluding carboxylic acids is 1. The number of hydrogen-bond donors (Lipinski definition) is 2. The molecule has 0 spiro atoms. The van der Waals surface area contributed by atoms with Gasteiger partial charge in [-0.2, -0.15) is 14.0 Å². The van der Waals surface area contributed by atoms with Gasteiger partial charge in [0.2, 0.25) is 0 Å². The lowest BCUT2D eigenvalue weighted by molar-refractivity contribution is 0.0946. The maximum Gasteiger partial charge on any atom is 0.273 e. The van der Waals surface area contributed by atoms with E-state index in [-0.39, 0.29) is 12.5 Å². The Balaban J connectivity index is 1.90. The zero-order chi connectivity index (χ0) is 9.80. The zero-order valence-corrected chi connectivity index (χ0v) is 7.65. The smallest absolute Gasteiger partial charge is 0.273 e. The van der Waals surface area contributed by atoms with Crippen LogP contribution < -0.4 is 5.32 Å². The number of nitrogens with zero attached hydrogens (tertiary/aromatic N) is 5. The van der Waals surface area contributed by atoms with E-state index in [0.717, 1.165) is 11.7 Å². The second-order valence-corrected chi connectivity index (χ2v) is 2.86. The highest BCUT2D eigenvalue weighted by molar-refractivity contribution is 6.99. The fourth-order valence-corrected chi connectivity index (χ4v) is 1.18. The molecule has 0 unspecified atom stereocenters. The summed E-state index contributed by atoms with van der Waals surface area (Å²) in [5.74, 6) is 0.116. The third kappa shape index (κ3) is 1.88. The molecular formula is C5H5N7OS. The Morgan fingerprint density at radius 1 is 1.64 bits per heavy atom. The van der Waals surface area contributed by atoms with Crippen molar-refractivity contribution in [2.75, 3.05) is 0 Å². The van der Waals surface area contributed by atoms with Gasteiger partial charge in [-0.1, -0.05) is 5.21 Å². The lowest BCUT2D eigenvalue weighted by Gasteiger charge is -1.96. The molecule has 9 heteroatoms. The first-order chi connectivity index (χ1) is 6.86. The molecular weight excluding hydrogens is 206 g/mol. The van der Waals surface area contributed by atoms with E-state index in [1.54, 1.807) is 0 Å². The van der Waals surface area contributed by atoms with Gasteiger partial charge in [-0.15, -0.1) is 10.2 Å². The van der Waals surface area contributed by atoms with E-state index in [9.17, 15) is 4.79 Å². The highest BCUT2D eigenvalue weighted by Gasteiger charge is 2.08. The molecule has 0 saturated carbocycles. The van der Waals surface area contributed by atoms with Crippen molar-refractivity contribution in [3.05, 3.63) is 17.7 Å². The Hall–Kier alpha value is -1.90. The van der Waals surface area contributed by atoms with Crippen molar-refractivity contribution in [2.45, 2.75) is 6.54 Å². The van der Waals surface area contributed by atoms with Crippen LogP contribution in [0.5, 0.6) is 0 Å². The fourth-order valence-electron chi connectivity index (χ4n) is 0.772. The van der Waals surface area contributed by atoms with Gasteiger partial charge >= 0.3 is 0 Å². The van der Waals surface area contributed by atoms with Crippen molar-refractivity contribution in [1.82, 2.24) is 34.7 Å². The first kappa shape index (κ1) is 8.69. The molecule has 14 heavy (non-hydrogen) atoms. The van der Waals surface area contributed by atoms with Gasteiger partial charge in [0.1, 0.15) is 0 Å². The monoisotopic (exact) mass is 211 g/mol. The van der Waals surface area contributed by atoms with E-state index in [4.69, 9.17) is 0 Å². The molecule has 2 heterocycles. The van der Waals surface area contributed by atoms with Gasteiger partial charge in [-0.05, 0) is 0 Å². The van der Waals surface area contributed by atoms with Crippen LogP contribution in [0.25, 0.3) is 0 Å². The van der Waals surface area contributed by atoms with Crippen LogP contribution in [0.2, 0.25) is 0 Å². The van der Waals surface area contributed by atoms with E-state index in [1.165, 1.54) is 6.20 Å². The summed E-state index contributed by atoms with van der Waals surface area (Å²) in [6.07, 6.45) is 1.40. The zero-order valence-electron chi connectivity index (χ0n) is 6.84. The molecule has 2 N–H and O–H groups in total. The molecule has 2 aromatic rings. The van der Waals surface area contributed by atoms with Crippen molar-refractivity contribution >= 4 is 17.6 Å². The van der Waals surface area contributed by atoms with Gasteiger partial charge < -0.3 is 5.32 Å². The molecule has 0 saturated heterocycles. The number of aromatic amines is 1. The summed E-state index contributed by atoms with van der Waals surface area (Å²) in [6.45, 7) is 0.215. The van der Waals surface area contributed by atoms with E-state index in [2.05, 4.69) is 34.7 Å². The third-order valence-corrected chi connectivity index (χ3v) is 1.87. The van der Waals surface area contributed by atoms with Gasteiger partial charge in [0, 0.05) is 0 Å². The summed E-state index contributed by atoms with van der Waals surface area (Å²) >= 11 is 0.981. The van der Waals surface area contributed by atoms with E-state index in [1.807, 2.05) is 0 Å². The standard InChI is InChI=1S/C5H5N7OS/c13-5(3-1-7-14-10-3)6-2-4-8-11-12-9-4/h1H,2H2,(H,6,13)(H,8,9,11,12). The van der Waals surface area contributed by atoms with Crippen molar-refractivity contribution in [3.8, 4) is 0 Å². The Labute approximate surface area is 82.1 Å². The van der Waals surface area contributed by atoms with Crippen LogP contribution in [0.4, 0.5) is 0 Å².